The van der Waals surface area contributed by atoms with Crippen LogP contribution in [0.15, 0.2) is 24.8 Å². The summed E-state index contributed by atoms with van der Waals surface area (Å²) >= 11 is 0. The molecule has 0 atom stereocenters. The lowest BCUT2D eigenvalue weighted by Crippen LogP contribution is -2.13. The van der Waals surface area contributed by atoms with E-state index in [0.29, 0.717) is 0 Å². The quantitative estimate of drug-likeness (QED) is 0.742. The van der Waals surface area contributed by atoms with E-state index in [9.17, 15) is 0 Å². The minimum atomic E-state index is 0.802. The lowest BCUT2D eigenvalue weighted by molar-refractivity contribution is 0.676. The molecule has 0 aliphatic heterocycles. The Labute approximate surface area is 94.3 Å². The number of rotatable bonds is 5. The molecule has 0 spiro atoms. The molecule has 0 aliphatic carbocycles. The Morgan fingerprint density at radius 2 is 2.25 bits per heavy atom. The van der Waals surface area contributed by atoms with Gasteiger partial charge in [0.15, 0.2) is 0 Å². The predicted molar refractivity (Wildman–Crippen MR) is 61.6 cm³/mol. The van der Waals surface area contributed by atoms with Crippen LogP contribution in [-0.4, -0.2) is 26.7 Å². The summed E-state index contributed by atoms with van der Waals surface area (Å²) in [6.07, 6.45) is 8.02. The first-order chi connectivity index (χ1) is 7.92. The molecule has 0 amide bonds. The maximum atomic E-state index is 4.25. The van der Waals surface area contributed by atoms with E-state index in [4.69, 9.17) is 0 Å². The summed E-state index contributed by atoms with van der Waals surface area (Å²) in [5.41, 5.74) is 2.89. The number of hydrogen-bond donors (Lipinski definition) is 2. The van der Waals surface area contributed by atoms with Gasteiger partial charge in [0.05, 0.1) is 18.1 Å². The van der Waals surface area contributed by atoms with Crippen molar-refractivity contribution in [2.75, 3.05) is 6.54 Å². The van der Waals surface area contributed by atoms with Gasteiger partial charge in [0.2, 0.25) is 0 Å². The Kier molecular flexibility index (Phi) is 3.61. The number of nitrogens with zero attached hydrogens (tertiary/aromatic N) is 3. The third kappa shape index (κ3) is 2.43. The topological polar surface area (TPSA) is 66.5 Å². The molecule has 0 radical (unpaired) electrons. The zero-order chi connectivity index (χ0) is 11.2. The molecule has 2 aromatic rings. The highest BCUT2D eigenvalue weighted by Gasteiger charge is 2.07. The Morgan fingerprint density at radius 3 is 3.00 bits per heavy atom. The molecule has 16 heavy (non-hydrogen) atoms. The van der Waals surface area contributed by atoms with Gasteiger partial charge in [-0.2, -0.15) is 5.10 Å². The molecule has 0 saturated heterocycles. The van der Waals surface area contributed by atoms with Crippen molar-refractivity contribution in [2.24, 2.45) is 0 Å². The third-order valence-electron chi connectivity index (χ3n) is 2.28. The van der Waals surface area contributed by atoms with E-state index in [-0.39, 0.29) is 0 Å². The van der Waals surface area contributed by atoms with Crippen molar-refractivity contribution in [3.05, 3.63) is 30.4 Å². The molecule has 2 N–H and O–H groups in total. The van der Waals surface area contributed by atoms with E-state index >= 15 is 0 Å². The second kappa shape index (κ2) is 5.37. The molecule has 2 aromatic heterocycles. The molecule has 0 saturated carbocycles. The van der Waals surface area contributed by atoms with Gasteiger partial charge in [0.25, 0.3) is 0 Å². The first-order valence-electron chi connectivity index (χ1n) is 5.41. The normalized spacial score (nSPS) is 10.6. The van der Waals surface area contributed by atoms with E-state index in [1.54, 1.807) is 18.6 Å². The van der Waals surface area contributed by atoms with Gasteiger partial charge in [0.1, 0.15) is 5.69 Å². The van der Waals surface area contributed by atoms with Crippen LogP contribution in [0.5, 0.6) is 0 Å². The average molecular weight is 217 g/mol. The van der Waals surface area contributed by atoms with Crippen LogP contribution < -0.4 is 5.32 Å². The van der Waals surface area contributed by atoms with Gasteiger partial charge in [-0.3, -0.25) is 15.1 Å². The maximum absolute atomic E-state index is 4.25. The van der Waals surface area contributed by atoms with Gasteiger partial charge < -0.3 is 5.32 Å². The number of hydrogen-bond acceptors (Lipinski definition) is 4. The fourth-order valence-electron chi connectivity index (χ4n) is 1.49. The van der Waals surface area contributed by atoms with Crippen LogP contribution in [0.3, 0.4) is 0 Å². The van der Waals surface area contributed by atoms with Gasteiger partial charge in [-0.25, -0.2) is 0 Å². The van der Waals surface area contributed by atoms with E-state index in [1.165, 1.54) is 0 Å². The molecule has 2 rings (SSSR count). The van der Waals surface area contributed by atoms with E-state index < -0.39 is 0 Å². The molecule has 0 fully saturated rings. The number of H-pyrrole nitrogens is 1. The fourth-order valence-corrected chi connectivity index (χ4v) is 1.49. The van der Waals surface area contributed by atoms with Gasteiger partial charge >= 0.3 is 0 Å². The average Bonchev–Trinajstić information content (AvgIpc) is 2.79. The highest BCUT2D eigenvalue weighted by Crippen LogP contribution is 2.16. The summed E-state index contributed by atoms with van der Waals surface area (Å²) in [6, 6.07) is 0. The van der Waals surface area contributed by atoms with Crippen molar-refractivity contribution in [2.45, 2.75) is 19.9 Å². The minimum absolute atomic E-state index is 0.802. The lowest BCUT2D eigenvalue weighted by Gasteiger charge is -2.03. The molecular weight excluding hydrogens is 202 g/mol. The predicted octanol–water partition coefficient (Wildman–Crippen LogP) is 1.37. The third-order valence-corrected chi connectivity index (χ3v) is 2.28. The molecule has 0 bridgehead atoms. The highest BCUT2D eigenvalue weighted by atomic mass is 15.1. The summed E-state index contributed by atoms with van der Waals surface area (Å²) in [6.45, 7) is 3.95. The lowest BCUT2D eigenvalue weighted by atomic mass is 10.2. The second-order valence-electron chi connectivity index (χ2n) is 3.54. The van der Waals surface area contributed by atoms with Crippen LogP contribution in [-0.2, 0) is 6.54 Å². The van der Waals surface area contributed by atoms with Crippen LogP contribution >= 0.6 is 0 Å². The molecule has 5 nitrogen and oxygen atoms in total. The summed E-state index contributed by atoms with van der Waals surface area (Å²) in [4.78, 5) is 8.30. The highest BCUT2D eigenvalue weighted by molar-refractivity contribution is 5.56. The van der Waals surface area contributed by atoms with Crippen LogP contribution in [0.25, 0.3) is 11.4 Å². The zero-order valence-electron chi connectivity index (χ0n) is 9.27. The van der Waals surface area contributed by atoms with Gasteiger partial charge in [-0.05, 0) is 13.0 Å². The number of nitrogens with one attached hydrogen (secondary N) is 2. The Hall–Kier alpha value is -1.75. The molecule has 0 aromatic carbocycles. The molecule has 5 heteroatoms. The molecule has 2 heterocycles. The standard InChI is InChI=1S/C11H15N5/c1-2-3-12-6-9-7-15-16-11(9)10-8-13-4-5-14-10/h4-5,7-8,12H,2-3,6H2,1H3,(H,15,16). The van der Waals surface area contributed by atoms with Crippen molar-refractivity contribution in [3.8, 4) is 11.4 Å². The van der Waals surface area contributed by atoms with Crippen LogP contribution in [0.4, 0.5) is 0 Å². The van der Waals surface area contributed by atoms with Crippen molar-refractivity contribution >= 4 is 0 Å². The Balaban J connectivity index is 2.13. The molecule has 0 unspecified atom stereocenters. The fraction of sp³-hybridized carbons (Fsp3) is 0.364. The van der Waals surface area contributed by atoms with Crippen LogP contribution in [0.2, 0.25) is 0 Å². The van der Waals surface area contributed by atoms with E-state index in [0.717, 1.165) is 36.5 Å². The number of aromatic nitrogens is 4. The Morgan fingerprint density at radius 1 is 1.31 bits per heavy atom. The SMILES string of the molecule is CCCNCc1cn[nH]c1-c1cnccn1. The summed E-state index contributed by atoms with van der Waals surface area (Å²) in [7, 11) is 0. The summed E-state index contributed by atoms with van der Waals surface area (Å²) in [5.74, 6) is 0. The second-order valence-corrected chi connectivity index (χ2v) is 3.54. The Bertz CT molecular complexity index is 423. The zero-order valence-corrected chi connectivity index (χ0v) is 9.27. The van der Waals surface area contributed by atoms with Gasteiger partial charge in [-0.15, -0.1) is 0 Å². The monoisotopic (exact) mass is 217 g/mol. The first-order valence-corrected chi connectivity index (χ1v) is 5.41. The minimum Gasteiger partial charge on any atom is -0.313 e. The largest absolute Gasteiger partial charge is 0.313 e. The molecular formula is C11H15N5. The smallest absolute Gasteiger partial charge is 0.107 e. The number of aromatic amines is 1. The van der Waals surface area contributed by atoms with Crippen LogP contribution in [0.1, 0.15) is 18.9 Å². The first kappa shape index (κ1) is 10.8. The van der Waals surface area contributed by atoms with E-state index in [1.807, 2.05) is 6.20 Å². The maximum Gasteiger partial charge on any atom is 0.107 e. The van der Waals surface area contributed by atoms with Gasteiger partial charge in [-0.1, -0.05) is 6.92 Å². The van der Waals surface area contributed by atoms with Crippen molar-refractivity contribution in [1.29, 1.82) is 0 Å². The summed E-state index contributed by atoms with van der Waals surface area (Å²) < 4.78 is 0. The molecule has 84 valence electrons. The van der Waals surface area contributed by atoms with Crippen molar-refractivity contribution < 1.29 is 0 Å². The van der Waals surface area contributed by atoms with Crippen LogP contribution in [0, 0.1) is 0 Å². The van der Waals surface area contributed by atoms with Crippen molar-refractivity contribution in [3.63, 3.8) is 0 Å². The van der Waals surface area contributed by atoms with Gasteiger partial charge in [0, 0.05) is 24.5 Å². The van der Waals surface area contributed by atoms with Crippen molar-refractivity contribution in [1.82, 2.24) is 25.5 Å². The van der Waals surface area contributed by atoms with E-state index in [2.05, 4.69) is 32.4 Å². The summed E-state index contributed by atoms with van der Waals surface area (Å²) in [5, 5.41) is 10.3. The molecule has 0 aliphatic rings.